The maximum Gasteiger partial charge on any atom is 0.256 e. The van der Waals surface area contributed by atoms with Crippen LogP contribution in [-0.2, 0) is 17.6 Å². The molecule has 3 rings (SSSR count). The molecule has 2 heterocycles. The van der Waals surface area contributed by atoms with E-state index in [1.165, 1.54) is 18.4 Å². The molecule has 0 saturated heterocycles. The number of nitrogens with one attached hydrogen (secondary N) is 1. The fraction of sp³-hybridized carbons (Fsp3) is 0.588. The molecule has 1 aliphatic carbocycles. The molecule has 1 N–H and O–H groups in total. The molecular weight excluding hydrogens is 292 g/mol. The molecule has 0 bridgehead atoms. The van der Waals surface area contributed by atoms with Gasteiger partial charge in [-0.05, 0) is 51.5 Å². The molecule has 0 unspecified atom stereocenters. The summed E-state index contributed by atoms with van der Waals surface area (Å²) < 4.78 is 7.08. The molecule has 0 fully saturated rings. The number of ether oxygens (including phenoxy) is 1. The molecule has 2 aromatic rings. The Labute approximate surface area is 136 Å². The van der Waals surface area contributed by atoms with Crippen molar-refractivity contribution in [2.24, 2.45) is 0 Å². The highest BCUT2D eigenvalue weighted by molar-refractivity contribution is 5.99. The molecule has 6 heteroatoms. The lowest BCUT2D eigenvalue weighted by molar-refractivity contribution is 0.0945. The highest BCUT2D eigenvalue weighted by Gasteiger charge is 2.20. The van der Waals surface area contributed by atoms with Crippen molar-refractivity contribution >= 4 is 11.6 Å². The highest BCUT2D eigenvalue weighted by atomic mass is 16.5. The molecule has 124 valence electrons. The summed E-state index contributed by atoms with van der Waals surface area (Å²) in [6.45, 7) is 5.99. The van der Waals surface area contributed by atoms with Gasteiger partial charge in [0.05, 0.1) is 6.20 Å². The number of amides is 1. The van der Waals surface area contributed by atoms with Crippen LogP contribution < -0.4 is 5.32 Å². The summed E-state index contributed by atoms with van der Waals surface area (Å²) in [6, 6.07) is 0. The van der Waals surface area contributed by atoms with Crippen molar-refractivity contribution in [2.75, 3.05) is 19.8 Å². The summed E-state index contributed by atoms with van der Waals surface area (Å²) in [5.74, 6) is -0.112. The Bertz CT molecular complexity index is 708. The lowest BCUT2D eigenvalue weighted by atomic mass is 9.95. The lowest BCUT2D eigenvalue weighted by Crippen LogP contribution is -2.25. The van der Waals surface area contributed by atoms with Gasteiger partial charge >= 0.3 is 0 Å². The zero-order chi connectivity index (χ0) is 16.2. The number of aryl methyl sites for hydroxylation is 2. The van der Waals surface area contributed by atoms with Gasteiger partial charge in [0, 0.05) is 31.1 Å². The first-order valence-electron chi connectivity index (χ1n) is 8.44. The Morgan fingerprint density at radius 3 is 3.04 bits per heavy atom. The SMILES string of the molecule is CCOCCCNC(=O)c1cnn2c(C)c3c(nc12)CCCC3. The van der Waals surface area contributed by atoms with Gasteiger partial charge in [-0.2, -0.15) is 5.10 Å². The number of rotatable bonds is 6. The molecule has 0 radical (unpaired) electrons. The second kappa shape index (κ2) is 7.08. The van der Waals surface area contributed by atoms with E-state index in [9.17, 15) is 4.79 Å². The number of nitrogens with zero attached hydrogens (tertiary/aromatic N) is 3. The molecule has 1 aliphatic rings. The molecule has 6 nitrogen and oxygen atoms in total. The Morgan fingerprint density at radius 1 is 1.39 bits per heavy atom. The molecular formula is C17H24N4O2. The zero-order valence-electron chi connectivity index (χ0n) is 13.9. The number of carbonyl (C=O) groups excluding carboxylic acids is 1. The van der Waals surface area contributed by atoms with Crippen LogP contribution >= 0.6 is 0 Å². The first-order valence-corrected chi connectivity index (χ1v) is 8.44. The Hall–Kier alpha value is -1.95. The Kier molecular flexibility index (Phi) is 4.91. The van der Waals surface area contributed by atoms with Gasteiger partial charge in [-0.15, -0.1) is 0 Å². The standard InChI is InChI=1S/C17H24N4O2/c1-3-23-10-6-9-18-17(22)14-11-19-21-12(2)13-7-4-5-8-15(13)20-16(14)21/h11H,3-10H2,1-2H3,(H,18,22). The van der Waals surface area contributed by atoms with Crippen molar-refractivity contribution in [3.05, 3.63) is 28.7 Å². The smallest absolute Gasteiger partial charge is 0.256 e. The summed E-state index contributed by atoms with van der Waals surface area (Å²) in [7, 11) is 0. The molecule has 0 atom stereocenters. The minimum absolute atomic E-state index is 0.112. The van der Waals surface area contributed by atoms with Gasteiger partial charge in [0.2, 0.25) is 0 Å². The topological polar surface area (TPSA) is 68.5 Å². The van der Waals surface area contributed by atoms with Crippen molar-refractivity contribution in [3.8, 4) is 0 Å². The third-order valence-corrected chi connectivity index (χ3v) is 4.38. The normalized spacial score (nSPS) is 14.0. The number of hydrogen-bond donors (Lipinski definition) is 1. The third kappa shape index (κ3) is 3.22. The molecule has 2 aromatic heterocycles. The maximum atomic E-state index is 12.4. The van der Waals surface area contributed by atoms with Gasteiger partial charge in [-0.25, -0.2) is 9.50 Å². The van der Waals surface area contributed by atoms with Crippen molar-refractivity contribution in [2.45, 2.75) is 46.0 Å². The minimum atomic E-state index is -0.112. The number of fused-ring (bicyclic) bond motifs is 2. The fourth-order valence-electron chi connectivity index (χ4n) is 3.13. The van der Waals surface area contributed by atoms with Gasteiger partial charge < -0.3 is 10.1 Å². The van der Waals surface area contributed by atoms with E-state index in [0.29, 0.717) is 31.0 Å². The van der Waals surface area contributed by atoms with Crippen molar-refractivity contribution < 1.29 is 9.53 Å². The van der Waals surface area contributed by atoms with Crippen LogP contribution in [0.3, 0.4) is 0 Å². The van der Waals surface area contributed by atoms with Crippen LogP contribution in [0.1, 0.15) is 53.5 Å². The van der Waals surface area contributed by atoms with Gasteiger partial charge in [-0.1, -0.05) is 0 Å². The number of carbonyl (C=O) groups is 1. The summed E-state index contributed by atoms with van der Waals surface area (Å²) >= 11 is 0. The monoisotopic (exact) mass is 316 g/mol. The molecule has 0 aromatic carbocycles. The van der Waals surface area contributed by atoms with Crippen molar-refractivity contribution in [1.82, 2.24) is 19.9 Å². The minimum Gasteiger partial charge on any atom is -0.382 e. The summed E-state index contributed by atoms with van der Waals surface area (Å²) in [5, 5.41) is 7.30. The maximum absolute atomic E-state index is 12.4. The second-order valence-electron chi connectivity index (χ2n) is 5.93. The quantitative estimate of drug-likeness (QED) is 0.828. The molecule has 0 aliphatic heterocycles. The largest absolute Gasteiger partial charge is 0.382 e. The molecule has 0 spiro atoms. The van der Waals surface area contributed by atoms with E-state index < -0.39 is 0 Å². The van der Waals surface area contributed by atoms with Crippen LogP contribution in [0, 0.1) is 6.92 Å². The van der Waals surface area contributed by atoms with Crippen molar-refractivity contribution in [3.63, 3.8) is 0 Å². The average molecular weight is 316 g/mol. The predicted octanol–water partition coefficient (Wildman–Crippen LogP) is 2.07. The van der Waals surface area contributed by atoms with Crippen LogP contribution in [0.25, 0.3) is 5.65 Å². The fourth-order valence-corrected chi connectivity index (χ4v) is 3.13. The van der Waals surface area contributed by atoms with E-state index >= 15 is 0 Å². The van der Waals surface area contributed by atoms with Crippen LogP contribution in [0.4, 0.5) is 0 Å². The van der Waals surface area contributed by atoms with Gasteiger partial charge in [-0.3, -0.25) is 4.79 Å². The van der Waals surface area contributed by atoms with E-state index in [2.05, 4.69) is 17.3 Å². The molecule has 0 saturated carbocycles. The average Bonchev–Trinajstić information content (AvgIpc) is 2.99. The summed E-state index contributed by atoms with van der Waals surface area (Å²) in [4.78, 5) is 17.1. The molecule has 23 heavy (non-hydrogen) atoms. The Balaban J connectivity index is 1.79. The zero-order valence-corrected chi connectivity index (χ0v) is 13.9. The van der Waals surface area contributed by atoms with E-state index in [0.717, 1.165) is 30.7 Å². The molecule has 1 amide bonds. The van der Waals surface area contributed by atoms with Gasteiger partial charge in [0.25, 0.3) is 5.91 Å². The van der Waals surface area contributed by atoms with E-state index in [1.807, 2.05) is 6.92 Å². The Morgan fingerprint density at radius 2 is 2.22 bits per heavy atom. The highest BCUT2D eigenvalue weighted by Crippen LogP contribution is 2.24. The third-order valence-electron chi connectivity index (χ3n) is 4.38. The first-order chi connectivity index (χ1) is 11.2. The van der Waals surface area contributed by atoms with Crippen LogP contribution in [0.2, 0.25) is 0 Å². The van der Waals surface area contributed by atoms with Crippen LogP contribution in [0.5, 0.6) is 0 Å². The van der Waals surface area contributed by atoms with Crippen molar-refractivity contribution in [1.29, 1.82) is 0 Å². The van der Waals surface area contributed by atoms with Crippen LogP contribution in [-0.4, -0.2) is 40.3 Å². The predicted molar refractivity (Wildman–Crippen MR) is 87.8 cm³/mol. The summed E-state index contributed by atoms with van der Waals surface area (Å²) in [6.07, 6.45) is 6.85. The first kappa shape index (κ1) is 15.9. The summed E-state index contributed by atoms with van der Waals surface area (Å²) in [5.41, 5.74) is 4.77. The number of hydrogen-bond acceptors (Lipinski definition) is 4. The van der Waals surface area contributed by atoms with E-state index in [1.54, 1.807) is 10.7 Å². The lowest BCUT2D eigenvalue weighted by Gasteiger charge is -2.17. The van der Waals surface area contributed by atoms with Gasteiger partial charge in [0.15, 0.2) is 5.65 Å². The number of aromatic nitrogens is 3. The van der Waals surface area contributed by atoms with Crippen LogP contribution in [0.15, 0.2) is 6.20 Å². The van der Waals surface area contributed by atoms with E-state index in [-0.39, 0.29) is 5.91 Å². The van der Waals surface area contributed by atoms with Gasteiger partial charge in [0.1, 0.15) is 5.56 Å². The van der Waals surface area contributed by atoms with E-state index in [4.69, 9.17) is 9.72 Å². The second-order valence-corrected chi connectivity index (χ2v) is 5.93.